The molecule has 0 spiro atoms. The monoisotopic (exact) mass is 248 g/mol. The molecule has 96 valence electrons. The minimum atomic E-state index is -0.388. The third kappa shape index (κ3) is 4.30. The number of hydrogen-bond donors (Lipinski definition) is 2. The standard InChI is InChI=1S/C12H24N2O.ClH/c1-9(2)7-12(5-4-6-12)8-14-11(15)10(3)13;/h9-10H,4-8,13H2,1-3H3,(H,14,15);1H/t10-;/m0./s1. The van der Waals surface area contributed by atoms with Gasteiger partial charge < -0.3 is 11.1 Å². The van der Waals surface area contributed by atoms with Crippen LogP contribution in [0.15, 0.2) is 0 Å². The van der Waals surface area contributed by atoms with Crippen LogP contribution in [0.5, 0.6) is 0 Å². The summed E-state index contributed by atoms with van der Waals surface area (Å²) in [5, 5.41) is 2.97. The lowest BCUT2D eigenvalue weighted by molar-refractivity contribution is -0.123. The second-order valence-electron chi connectivity index (χ2n) is 5.46. The normalized spacial score (nSPS) is 19.6. The molecule has 0 saturated heterocycles. The first-order chi connectivity index (χ1) is 6.95. The molecule has 0 radical (unpaired) electrons. The van der Waals surface area contributed by atoms with Crippen molar-refractivity contribution in [2.24, 2.45) is 17.1 Å². The van der Waals surface area contributed by atoms with Crippen LogP contribution in [0.3, 0.4) is 0 Å². The maximum Gasteiger partial charge on any atom is 0.236 e. The van der Waals surface area contributed by atoms with E-state index in [9.17, 15) is 4.79 Å². The summed E-state index contributed by atoms with van der Waals surface area (Å²) in [6.45, 7) is 7.03. The first-order valence-corrected chi connectivity index (χ1v) is 5.98. The molecule has 3 nitrogen and oxygen atoms in total. The lowest BCUT2D eigenvalue weighted by Crippen LogP contribution is -2.47. The Hall–Kier alpha value is -0.280. The third-order valence-corrected chi connectivity index (χ3v) is 3.31. The molecule has 0 aromatic heterocycles. The van der Waals surface area contributed by atoms with E-state index < -0.39 is 0 Å². The molecule has 4 heteroatoms. The lowest BCUT2D eigenvalue weighted by Gasteiger charge is -2.43. The number of rotatable bonds is 5. The van der Waals surface area contributed by atoms with E-state index in [-0.39, 0.29) is 24.4 Å². The summed E-state index contributed by atoms with van der Waals surface area (Å²) in [6, 6.07) is -0.388. The number of carbonyl (C=O) groups is 1. The van der Waals surface area contributed by atoms with Crippen LogP contribution in [0.4, 0.5) is 0 Å². The van der Waals surface area contributed by atoms with Gasteiger partial charge in [0, 0.05) is 6.54 Å². The molecule has 16 heavy (non-hydrogen) atoms. The smallest absolute Gasteiger partial charge is 0.236 e. The molecule has 0 aromatic carbocycles. The summed E-state index contributed by atoms with van der Waals surface area (Å²) < 4.78 is 0. The van der Waals surface area contributed by atoms with Crippen molar-refractivity contribution >= 4 is 18.3 Å². The van der Waals surface area contributed by atoms with E-state index in [1.54, 1.807) is 6.92 Å². The Bertz CT molecular complexity index is 225. The van der Waals surface area contributed by atoms with E-state index in [4.69, 9.17) is 5.73 Å². The average molecular weight is 249 g/mol. The van der Waals surface area contributed by atoms with Gasteiger partial charge in [-0.25, -0.2) is 0 Å². The Morgan fingerprint density at radius 2 is 1.94 bits per heavy atom. The molecule has 0 unspecified atom stereocenters. The predicted molar refractivity (Wildman–Crippen MR) is 69.6 cm³/mol. The first kappa shape index (κ1) is 15.7. The topological polar surface area (TPSA) is 55.1 Å². The Labute approximate surface area is 105 Å². The van der Waals surface area contributed by atoms with E-state index in [2.05, 4.69) is 19.2 Å². The van der Waals surface area contributed by atoms with Crippen molar-refractivity contribution in [3.8, 4) is 0 Å². The van der Waals surface area contributed by atoms with Gasteiger partial charge in [-0.1, -0.05) is 20.3 Å². The molecule has 1 fully saturated rings. The van der Waals surface area contributed by atoms with Gasteiger partial charge in [-0.2, -0.15) is 0 Å². The SMILES string of the molecule is CC(C)CC1(CNC(=O)[C@H](C)N)CCC1.Cl. The number of hydrogen-bond acceptors (Lipinski definition) is 2. The molecular formula is C12H25ClN2O. The van der Waals surface area contributed by atoms with Crippen molar-refractivity contribution in [3.05, 3.63) is 0 Å². The largest absolute Gasteiger partial charge is 0.354 e. The van der Waals surface area contributed by atoms with E-state index in [1.165, 1.54) is 25.7 Å². The van der Waals surface area contributed by atoms with Crippen LogP contribution in [0.1, 0.15) is 46.5 Å². The van der Waals surface area contributed by atoms with E-state index in [1.807, 2.05) is 0 Å². The summed E-state index contributed by atoms with van der Waals surface area (Å²) in [7, 11) is 0. The fraction of sp³-hybridized carbons (Fsp3) is 0.917. The predicted octanol–water partition coefficient (Wildman–Crippen LogP) is 2.09. The van der Waals surface area contributed by atoms with Crippen molar-refractivity contribution in [3.63, 3.8) is 0 Å². The molecule has 1 amide bonds. The van der Waals surface area contributed by atoms with E-state index in [0.717, 1.165) is 6.54 Å². The Kier molecular flexibility index (Phi) is 6.34. The van der Waals surface area contributed by atoms with Crippen molar-refractivity contribution in [2.75, 3.05) is 6.54 Å². The molecule has 1 saturated carbocycles. The van der Waals surface area contributed by atoms with Gasteiger partial charge in [0.1, 0.15) is 0 Å². The second-order valence-corrected chi connectivity index (χ2v) is 5.46. The molecule has 0 aromatic rings. The Morgan fingerprint density at radius 1 is 1.38 bits per heavy atom. The maximum atomic E-state index is 11.4. The third-order valence-electron chi connectivity index (χ3n) is 3.31. The zero-order chi connectivity index (χ0) is 11.5. The van der Waals surface area contributed by atoms with Gasteiger partial charge >= 0.3 is 0 Å². The fourth-order valence-electron chi connectivity index (χ4n) is 2.43. The molecule has 1 aliphatic carbocycles. The summed E-state index contributed by atoms with van der Waals surface area (Å²) in [6.07, 6.45) is 5.03. The van der Waals surface area contributed by atoms with E-state index >= 15 is 0 Å². The quantitative estimate of drug-likeness (QED) is 0.783. The first-order valence-electron chi connectivity index (χ1n) is 5.98. The molecule has 1 atom stereocenters. The highest BCUT2D eigenvalue weighted by Crippen LogP contribution is 2.45. The Morgan fingerprint density at radius 3 is 2.25 bits per heavy atom. The van der Waals surface area contributed by atoms with Gasteiger partial charge in [-0.3, -0.25) is 4.79 Å². The molecule has 1 aliphatic rings. The lowest BCUT2D eigenvalue weighted by atomic mass is 9.64. The van der Waals surface area contributed by atoms with Gasteiger partial charge in [0.05, 0.1) is 6.04 Å². The molecule has 0 aliphatic heterocycles. The summed E-state index contributed by atoms with van der Waals surface area (Å²) >= 11 is 0. The zero-order valence-corrected chi connectivity index (χ0v) is 11.4. The van der Waals surface area contributed by atoms with Crippen molar-refractivity contribution in [2.45, 2.75) is 52.5 Å². The van der Waals surface area contributed by atoms with Gasteiger partial charge in [-0.05, 0) is 37.5 Å². The molecular weight excluding hydrogens is 224 g/mol. The summed E-state index contributed by atoms with van der Waals surface area (Å²) in [5.74, 6) is 0.683. The summed E-state index contributed by atoms with van der Waals surface area (Å²) in [4.78, 5) is 11.4. The van der Waals surface area contributed by atoms with Crippen LogP contribution in [0.2, 0.25) is 0 Å². The fourth-order valence-corrected chi connectivity index (χ4v) is 2.43. The Balaban J connectivity index is 0.00000225. The number of carbonyl (C=O) groups excluding carboxylic acids is 1. The van der Waals surface area contributed by atoms with E-state index in [0.29, 0.717) is 11.3 Å². The van der Waals surface area contributed by atoms with Gasteiger partial charge in [0.2, 0.25) is 5.91 Å². The van der Waals surface area contributed by atoms with Crippen LogP contribution in [-0.4, -0.2) is 18.5 Å². The van der Waals surface area contributed by atoms with Crippen molar-refractivity contribution in [1.29, 1.82) is 0 Å². The van der Waals surface area contributed by atoms with Gasteiger partial charge in [0.15, 0.2) is 0 Å². The average Bonchev–Trinajstić information content (AvgIpc) is 2.08. The van der Waals surface area contributed by atoms with Crippen molar-refractivity contribution < 1.29 is 4.79 Å². The zero-order valence-electron chi connectivity index (χ0n) is 10.6. The molecule has 1 rings (SSSR count). The van der Waals surface area contributed by atoms with Crippen LogP contribution < -0.4 is 11.1 Å². The van der Waals surface area contributed by atoms with Crippen LogP contribution in [0.25, 0.3) is 0 Å². The van der Waals surface area contributed by atoms with Crippen LogP contribution in [0, 0.1) is 11.3 Å². The summed E-state index contributed by atoms with van der Waals surface area (Å²) in [5.41, 5.74) is 5.89. The molecule has 0 bridgehead atoms. The minimum absolute atomic E-state index is 0. The van der Waals surface area contributed by atoms with Crippen LogP contribution in [-0.2, 0) is 4.79 Å². The highest BCUT2D eigenvalue weighted by molar-refractivity contribution is 5.85. The van der Waals surface area contributed by atoms with Gasteiger partial charge in [0.25, 0.3) is 0 Å². The number of halogens is 1. The van der Waals surface area contributed by atoms with Crippen LogP contribution >= 0.6 is 12.4 Å². The minimum Gasteiger partial charge on any atom is -0.354 e. The number of nitrogens with two attached hydrogens (primary N) is 1. The van der Waals surface area contributed by atoms with Crippen molar-refractivity contribution in [1.82, 2.24) is 5.32 Å². The number of amides is 1. The maximum absolute atomic E-state index is 11.4. The number of nitrogens with one attached hydrogen (secondary N) is 1. The molecule has 3 N–H and O–H groups in total. The highest BCUT2D eigenvalue weighted by atomic mass is 35.5. The highest BCUT2D eigenvalue weighted by Gasteiger charge is 2.37. The van der Waals surface area contributed by atoms with Gasteiger partial charge in [-0.15, -0.1) is 12.4 Å². The molecule has 0 heterocycles. The second kappa shape index (κ2) is 6.45.